The molecule has 4 nitrogen and oxygen atoms in total. The van der Waals surface area contributed by atoms with Crippen molar-refractivity contribution in [2.24, 2.45) is 5.41 Å². The van der Waals surface area contributed by atoms with E-state index in [9.17, 15) is 9.59 Å². The summed E-state index contributed by atoms with van der Waals surface area (Å²) in [5, 5.41) is 8.98. The number of rotatable bonds is 2. The number of carboxylic acids is 1. The summed E-state index contributed by atoms with van der Waals surface area (Å²) in [7, 11) is 0. The number of carbonyl (C=O) groups is 2. The average molecular weight is 197 g/mol. The molecule has 0 aromatic carbocycles. The summed E-state index contributed by atoms with van der Waals surface area (Å²) in [5.74, 6) is -1.04. The van der Waals surface area contributed by atoms with E-state index in [2.05, 4.69) is 0 Å². The van der Waals surface area contributed by atoms with Gasteiger partial charge in [0.2, 0.25) is 0 Å². The summed E-state index contributed by atoms with van der Waals surface area (Å²) in [6, 6.07) is -0.863. The molecule has 3 saturated heterocycles. The number of carbonyl (C=O) groups excluding carboxylic acids is 1. The van der Waals surface area contributed by atoms with Crippen molar-refractivity contribution in [1.29, 1.82) is 0 Å². The molecule has 3 rings (SSSR count). The van der Waals surface area contributed by atoms with Crippen molar-refractivity contribution < 1.29 is 14.7 Å². The van der Waals surface area contributed by atoms with Crippen molar-refractivity contribution in [3.05, 3.63) is 0 Å². The fourth-order valence-electron chi connectivity index (χ4n) is 2.71. The zero-order valence-electron chi connectivity index (χ0n) is 8.32. The van der Waals surface area contributed by atoms with Gasteiger partial charge < -0.3 is 5.11 Å². The van der Waals surface area contributed by atoms with E-state index < -0.39 is 12.0 Å². The first-order valence-corrected chi connectivity index (χ1v) is 5.12. The van der Waals surface area contributed by atoms with Crippen molar-refractivity contribution in [2.75, 3.05) is 13.1 Å². The summed E-state index contributed by atoms with van der Waals surface area (Å²) in [5.41, 5.74) is -0.322. The van der Waals surface area contributed by atoms with Crippen molar-refractivity contribution in [1.82, 2.24) is 4.90 Å². The fourth-order valence-corrected chi connectivity index (χ4v) is 2.71. The van der Waals surface area contributed by atoms with Crippen molar-refractivity contribution >= 4 is 11.8 Å². The van der Waals surface area contributed by atoms with Gasteiger partial charge in [-0.3, -0.25) is 14.5 Å². The maximum absolute atomic E-state index is 12.0. The van der Waals surface area contributed by atoms with Gasteiger partial charge in [0.25, 0.3) is 0 Å². The summed E-state index contributed by atoms with van der Waals surface area (Å²) < 4.78 is 0. The Morgan fingerprint density at radius 1 is 1.57 bits per heavy atom. The molecular weight excluding hydrogens is 182 g/mol. The van der Waals surface area contributed by atoms with Crippen LogP contribution < -0.4 is 0 Å². The van der Waals surface area contributed by atoms with Gasteiger partial charge in [-0.1, -0.05) is 6.92 Å². The van der Waals surface area contributed by atoms with Crippen LogP contribution in [-0.2, 0) is 9.59 Å². The van der Waals surface area contributed by atoms with Crippen molar-refractivity contribution in [3.8, 4) is 0 Å². The average Bonchev–Trinajstić information content (AvgIpc) is 2.19. The maximum Gasteiger partial charge on any atom is 0.328 e. The zero-order valence-corrected chi connectivity index (χ0v) is 8.32. The third kappa shape index (κ3) is 1.10. The molecule has 0 spiro atoms. The van der Waals surface area contributed by atoms with E-state index in [1.807, 2.05) is 6.92 Å². The molecule has 0 aromatic rings. The number of carboxylic acid groups (broad SMARTS) is 1. The second kappa shape index (κ2) is 3.05. The van der Waals surface area contributed by atoms with Crippen molar-refractivity contribution in [2.45, 2.75) is 32.2 Å². The molecule has 4 heteroatoms. The van der Waals surface area contributed by atoms with Gasteiger partial charge in [-0.2, -0.15) is 0 Å². The number of ketones is 1. The van der Waals surface area contributed by atoms with Crippen LogP contribution in [0.2, 0.25) is 0 Å². The fraction of sp³-hybridized carbons (Fsp3) is 0.800. The van der Waals surface area contributed by atoms with E-state index in [1.54, 1.807) is 4.90 Å². The molecule has 1 N–H and O–H groups in total. The smallest absolute Gasteiger partial charge is 0.328 e. The summed E-state index contributed by atoms with van der Waals surface area (Å²) in [6.07, 6.45) is 2.46. The molecule has 3 fully saturated rings. The highest BCUT2D eigenvalue weighted by atomic mass is 16.4. The Kier molecular flexibility index (Phi) is 2.10. The van der Waals surface area contributed by atoms with Crippen LogP contribution in [0.5, 0.6) is 0 Å². The Bertz CT molecular complexity index is 279. The van der Waals surface area contributed by atoms with Crippen LogP contribution in [0.15, 0.2) is 0 Å². The molecule has 0 aliphatic carbocycles. The third-order valence-electron chi connectivity index (χ3n) is 3.80. The van der Waals surface area contributed by atoms with Gasteiger partial charge in [0, 0.05) is 18.5 Å². The van der Waals surface area contributed by atoms with Gasteiger partial charge in [-0.05, 0) is 19.3 Å². The molecule has 3 aliphatic heterocycles. The summed E-state index contributed by atoms with van der Waals surface area (Å²) >= 11 is 0. The molecule has 2 bridgehead atoms. The highest BCUT2D eigenvalue weighted by Crippen LogP contribution is 2.42. The van der Waals surface area contributed by atoms with Gasteiger partial charge in [0.15, 0.2) is 11.8 Å². The molecule has 0 amide bonds. The van der Waals surface area contributed by atoms with Crippen LogP contribution in [0.3, 0.4) is 0 Å². The van der Waals surface area contributed by atoms with Gasteiger partial charge in [0.05, 0.1) is 0 Å². The molecular formula is C10H15NO3. The number of nitrogens with zero attached hydrogens (tertiary/aromatic N) is 1. The number of aliphatic carboxylic acids is 1. The lowest BCUT2D eigenvalue weighted by atomic mass is 9.66. The Labute approximate surface area is 82.9 Å². The molecule has 0 radical (unpaired) electrons. The first-order chi connectivity index (χ1) is 6.60. The minimum absolute atomic E-state index is 0.0648. The Hall–Kier alpha value is -0.900. The molecule has 1 atom stereocenters. The van der Waals surface area contributed by atoms with E-state index in [0.717, 1.165) is 32.4 Å². The van der Waals surface area contributed by atoms with E-state index >= 15 is 0 Å². The largest absolute Gasteiger partial charge is 0.480 e. The lowest BCUT2D eigenvalue weighted by Gasteiger charge is -2.49. The lowest BCUT2D eigenvalue weighted by Crippen LogP contribution is -2.63. The monoisotopic (exact) mass is 197 g/mol. The number of hydrogen-bond acceptors (Lipinski definition) is 3. The van der Waals surface area contributed by atoms with Crippen LogP contribution in [-0.4, -0.2) is 40.9 Å². The second-order valence-corrected chi connectivity index (χ2v) is 4.27. The molecule has 0 aromatic heterocycles. The molecule has 3 aliphatic rings. The zero-order chi connectivity index (χ0) is 10.3. The quantitative estimate of drug-likeness (QED) is 0.655. The topological polar surface area (TPSA) is 57.6 Å². The minimum Gasteiger partial charge on any atom is -0.480 e. The Balaban J connectivity index is 2.32. The van der Waals surface area contributed by atoms with E-state index in [-0.39, 0.29) is 11.2 Å². The summed E-state index contributed by atoms with van der Waals surface area (Å²) in [4.78, 5) is 24.7. The van der Waals surface area contributed by atoms with Gasteiger partial charge in [-0.15, -0.1) is 0 Å². The first kappa shape index (κ1) is 9.65. The number of piperidine rings is 3. The van der Waals surface area contributed by atoms with Crippen molar-refractivity contribution in [3.63, 3.8) is 0 Å². The first-order valence-electron chi connectivity index (χ1n) is 5.12. The van der Waals surface area contributed by atoms with Crippen LogP contribution in [0, 0.1) is 5.41 Å². The SMILES string of the molecule is CCC12CCN(CC1)C(C(=O)O)C2=O. The lowest BCUT2D eigenvalue weighted by molar-refractivity contribution is -0.162. The summed E-state index contributed by atoms with van der Waals surface area (Å²) in [6.45, 7) is 3.50. The third-order valence-corrected chi connectivity index (χ3v) is 3.80. The molecule has 0 saturated carbocycles. The van der Waals surface area contributed by atoms with E-state index in [0.29, 0.717) is 0 Å². The second-order valence-electron chi connectivity index (χ2n) is 4.27. The maximum atomic E-state index is 12.0. The highest BCUT2D eigenvalue weighted by Gasteiger charge is 2.53. The Morgan fingerprint density at radius 3 is 2.57 bits per heavy atom. The number of Topliss-reactive ketones (excluding diaryl/α,β-unsaturated/α-hetero) is 1. The van der Waals surface area contributed by atoms with Gasteiger partial charge in [0.1, 0.15) is 0 Å². The normalized spacial score (nSPS) is 41.4. The standard InChI is InChI=1S/C10H15NO3/c1-2-10-3-5-11(6-4-10)7(8(10)12)9(13)14/h7H,2-6H2,1H3,(H,13,14). The van der Waals surface area contributed by atoms with Crippen LogP contribution in [0.4, 0.5) is 0 Å². The number of fused-ring (bicyclic) bond motifs is 3. The molecule has 14 heavy (non-hydrogen) atoms. The van der Waals surface area contributed by atoms with Crippen LogP contribution in [0.25, 0.3) is 0 Å². The highest BCUT2D eigenvalue weighted by molar-refractivity contribution is 6.06. The van der Waals surface area contributed by atoms with E-state index in [4.69, 9.17) is 5.11 Å². The Morgan fingerprint density at radius 2 is 2.14 bits per heavy atom. The van der Waals surface area contributed by atoms with Gasteiger partial charge in [-0.25, -0.2) is 0 Å². The van der Waals surface area contributed by atoms with Crippen LogP contribution >= 0.6 is 0 Å². The number of hydrogen-bond donors (Lipinski definition) is 1. The molecule has 78 valence electrons. The predicted octanol–water partition coefficient (Wildman–Crippen LogP) is 0.515. The molecule has 3 heterocycles. The molecule has 1 unspecified atom stereocenters. The minimum atomic E-state index is -0.979. The van der Waals surface area contributed by atoms with E-state index in [1.165, 1.54) is 0 Å². The van der Waals surface area contributed by atoms with Gasteiger partial charge >= 0.3 is 5.97 Å². The van der Waals surface area contributed by atoms with Crippen LogP contribution in [0.1, 0.15) is 26.2 Å². The predicted molar refractivity (Wildman–Crippen MR) is 50.0 cm³/mol.